The van der Waals surface area contributed by atoms with Gasteiger partial charge in [0.25, 0.3) is 10.0 Å². The first-order chi connectivity index (χ1) is 12.0. The number of nitrogens with zero attached hydrogens (tertiary/aromatic N) is 4. The molecule has 0 spiro atoms. The zero-order valence-electron chi connectivity index (χ0n) is 13.3. The number of nitriles is 1. The molecule has 0 aliphatic heterocycles. The maximum atomic E-state index is 12.4. The van der Waals surface area contributed by atoms with Crippen molar-refractivity contribution in [3.63, 3.8) is 0 Å². The molecule has 0 bridgehead atoms. The Balaban J connectivity index is 2.21. The molecule has 0 saturated carbocycles. The van der Waals surface area contributed by atoms with Gasteiger partial charge >= 0.3 is 0 Å². The average Bonchev–Trinajstić information content (AvgIpc) is 2.61. The van der Waals surface area contributed by atoms with Crippen LogP contribution in [0.5, 0.6) is 5.88 Å². The molecule has 0 unspecified atom stereocenters. The summed E-state index contributed by atoms with van der Waals surface area (Å²) < 4.78 is 32.0. The summed E-state index contributed by atoms with van der Waals surface area (Å²) in [5, 5.41) is 11.4. The van der Waals surface area contributed by atoms with Crippen LogP contribution in [-0.4, -0.2) is 36.9 Å². The van der Waals surface area contributed by atoms with Crippen LogP contribution in [0.2, 0.25) is 0 Å². The first-order valence-corrected chi connectivity index (χ1v) is 9.46. The molecule has 1 heterocycles. The van der Waals surface area contributed by atoms with Gasteiger partial charge in [0, 0.05) is 6.07 Å². The van der Waals surface area contributed by atoms with Crippen molar-refractivity contribution in [3.8, 4) is 12.1 Å². The quantitative estimate of drug-likeness (QED) is 0.348. The Kier molecular flexibility index (Phi) is 6.15. The number of nitrogens with one attached hydrogen (secondary N) is 2. The van der Waals surface area contributed by atoms with Gasteiger partial charge in [-0.15, -0.1) is 0 Å². The Labute approximate surface area is 149 Å². The number of rotatable bonds is 5. The minimum absolute atomic E-state index is 0.0444. The molecular formula is C14H14N6O3S2. The molecule has 0 aliphatic carbocycles. The first-order valence-electron chi connectivity index (χ1n) is 6.75. The highest BCUT2D eigenvalue weighted by Crippen LogP contribution is 2.20. The van der Waals surface area contributed by atoms with Crippen LogP contribution in [0.3, 0.4) is 0 Å². The lowest BCUT2D eigenvalue weighted by molar-refractivity contribution is 0.397. The molecule has 0 atom stereocenters. The fourth-order valence-electron chi connectivity index (χ4n) is 1.69. The van der Waals surface area contributed by atoms with Gasteiger partial charge < -0.3 is 4.74 Å². The van der Waals surface area contributed by atoms with E-state index in [1.165, 1.54) is 55.5 Å². The third kappa shape index (κ3) is 5.07. The minimum Gasteiger partial charge on any atom is -0.481 e. The Bertz CT molecular complexity index is 907. The lowest BCUT2D eigenvalue weighted by Crippen LogP contribution is -2.14. The number of methoxy groups -OCH3 is 1. The molecule has 2 rings (SSSR count). The highest BCUT2D eigenvalue weighted by atomic mass is 32.2. The monoisotopic (exact) mass is 378 g/mol. The smallest absolute Gasteiger partial charge is 0.263 e. The predicted molar refractivity (Wildman–Crippen MR) is 95.2 cm³/mol. The van der Waals surface area contributed by atoms with Gasteiger partial charge in [-0.3, -0.25) is 10.0 Å². The Hall–Kier alpha value is -2.84. The van der Waals surface area contributed by atoms with E-state index in [1.54, 1.807) is 12.4 Å². The maximum absolute atomic E-state index is 12.4. The minimum atomic E-state index is -3.82. The number of hydrogen-bond donors (Lipinski definition) is 2. The van der Waals surface area contributed by atoms with E-state index in [2.05, 4.69) is 25.0 Å². The Morgan fingerprint density at radius 3 is 2.64 bits per heavy atom. The zero-order chi connectivity index (χ0) is 18.3. The summed E-state index contributed by atoms with van der Waals surface area (Å²) in [6, 6.07) is 7.25. The summed E-state index contributed by atoms with van der Waals surface area (Å²) in [4.78, 5) is 11.9. The van der Waals surface area contributed by atoms with Gasteiger partial charge in [0.05, 0.1) is 17.7 Å². The van der Waals surface area contributed by atoms with Gasteiger partial charge in [0.1, 0.15) is 12.1 Å². The van der Waals surface area contributed by atoms with Gasteiger partial charge in [-0.05, 0) is 30.5 Å². The van der Waals surface area contributed by atoms with Crippen LogP contribution in [0, 0.1) is 11.5 Å². The van der Waals surface area contributed by atoms with Crippen LogP contribution in [0.25, 0.3) is 0 Å². The molecule has 2 aromatic rings. The van der Waals surface area contributed by atoms with Crippen molar-refractivity contribution in [2.24, 2.45) is 4.99 Å². The predicted octanol–water partition coefficient (Wildman–Crippen LogP) is 1.71. The summed E-state index contributed by atoms with van der Waals surface area (Å²) >= 11 is 1.26. The highest BCUT2D eigenvalue weighted by Gasteiger charge is 2.15. The molecule has 1 aromatic carbocycles. The standard InChI is InChI=1S/C14H14N6O3S2/c1-23-13-7-12(17-9-18-13)20-25(21,22)11-5-3-10(4-6-11)19-14(24-2)16-8-15/h3-7,9H,1-2H3,(H,16,19)(H,17,18,20). The van der Waals surface area contributed by atoms with Gasteiger partial charge in [-0.1, -0.05) is 11.8 Å². The molecule has 11 heteroatoms. The number of sulfonamides is 1. The summed E-state index contributed by atoms with van der Waals surface area (Å²) in [6.45, 7) is 0. The Morgan fingerprint density at radius 2 is 2.04 bits per heavy atom. The highest BCUT2D eigenvalue weighted by molar-refractivity contribution is 8.13. The second-order valence-electron chi connectivity index (χ2n) is 4.40. The van der Waals surface area contributed by atoms with Crippen molar-refractivity contribution in [1.82, 2.24) is 15.3 Å². The molecule has 0 radical (unpaired) electrons. The molecule has 2 N–H and O–H groups in total. The van der Waals surface area contributed by atoms with Crippen LogP contribution in [0.15, 0.2) is 46.5 Å². The third-order valence-electron chi connectivity index (χ3n) is 2.82. The molecule has 0 amide bonds. The average molecular weight is 378 g/mol. The van der Waals surface area contributed by atoms with E-state index in [0.717, 1.165) is 0 Å². The van der Waals surface area contributed by atoms with Crippen molar-refractivity contribution < 1.29 is 13.2 Å². The third-order valence-corrected chi connectivity index (χ3v) is 4.77. The SMILES string of the molecule is COc1cc(NS(=O)(=O)c2ccc(N=C(NC#N)SC)cc2)ncn1. The lowest BCUT2D eigenvalue weighted by atomic mass is 10.3. The topological polar surface area (TPSA) is 129 Å². The van der Waals surface area contributed by atoms with Crippen LogP contribution in [0.1, 0.15) is 0 Å². The number of anilines is 1. The van der Waals surface area contributed by atoms with Crippen LogP contribution in [0.4, 0.5) is 11.5 Å². The lowest BCUT2D eigenvalue weighted by Gasteiger charge is -2.08. The van der Waals surface area contributed by atoms with E-state index >= 15 is 0 Å². The van der Waals surface area contributed by atoms with E-state index in [-0.39, 0.29) is 16.6 Å². The second-order valence-corrected chi connectivity index (χ2v) is 6.88. The molecule has 25 heavy (non-hydrogen) atoms. The number of aromatic nitrogens is 2. The molecule has 130 valence electrons. The fraction of sp³-hybridized carbons (Fsp3) is 0.143. The van der Waals surface area contributed by atoms with Gasteiger partial charge in [0.2, 0.25) is 5.88 Å². The number of ether oxygens (including phenoxy) is 1. The van der Waals surface area contributed by atoms with E-state index in [0.29, 0.717) is 10.9 Å². The maximum Gasteiger partial charge on any atom is 0.263 e. The van der Waals surface area contributed by atoms with Crippen LogP contribution in [-0.2, 0) is 10.0 Å². The summed E-state index contributed by atoms with van der Waals surface area (Å²) in [7, 11) is -2.40. The zero-order valence-corrected chi connectivity index (χ0v) is 14.9. The summed E-state index contributed by atoms with van der Waals surface area (Å²) in [5.74, 6) is 0.337. The molecule has 0 saturated heterocycles. The van der Waals surface area contributed by atoms with Gasteiger partial charge in [-0.25, -0.2) is 23.4 Å². The van der Waals surface area contributed by atoms with E-state index in [1.807, 2.05) is 0 Å². The van der Waals surface area contributed by atoms with Crippen molar-refractivity contribution in [1.29, 1.82) is 5.26 Å². The van der Waals surface area contributed by atoms with Crippen molar-refractivity contribution in [2.75, 3.05) is 18.1 Å². The van der Waals surface area contributed by atoms with E-state index in [4.69, 9.17) is 10.00 Å². The molecule has 9 nitrogen and oxygen atoms in total. The largest absolute Gasteiger partial charge is 0.481 e. The molecule has 0 aliphatic rings. The fourth-order valence-corrected chi connectivity index (χ4v) is 3.04. The van der Waals surface area contributed by atoms with Crippen molar-refractivity contribution in [2.45, 2.75) is 4.90 Å². The number of aliphatic imine (C=N–C) groups is 1. The Morgan fingerprint density at radius 1 is 1.32 bits per heavy atom. The molecule has 0 fully saturated rings. The normalized spacial score (nSPS) is 11.5. The van der Waals surface area contributed by atoms with Crippen LogP contribution < -0.4 is 14.8 Å². The van der Waals surface area contributed by atoms with E-state index in [9.17, 15) is 8.42 Å². The molecule has 1 aromatic heterocycles. The van der Waals surface area contributed by atoms with Crippen molar-refractivity contribution in [3.05, 3.63) is 36.7 Å². The van der Waals surface area contributed by atoms with Crippen molar-refractivity contribution >= 4 is 38.5 Å². The summed E-state index contributed by atoms with van der Waals surface area (Å²) in [6.07, 6.45) is 4.74. The molecular weight excluding hydrogens is 364 g/mol. The second kappa shape index (κ2) is 8.32. The number of amidine groups is 1. The van der Waals surface area contributed by atoms with E-state index < -0.39 is 10.0 Å². The van der Waals surface area contributed by atoms with Gasteiger partial charge in [0.15, 0.2) is 11.4 Å². The van der Waals surface area contributed by atoms with Crippen LogP contribution >= 0.6 is 11.8 Å². The number of thioether (sulfide) groups is 1. The number of hydrogen-bond acceptors (Lipinski definition) is 8. The number of benzene rings is 1. The van der Waals surface area contributed by atoms with Gasteiger partial charge in [-0.2, -0.15) is 5.26 Å². The first kappa shape index (κ1) is 18.5. The summed E-state index contributed by atoms with van der Waals surface area (Å²) in [5.41, 5.74) is 0.509.